The lowest BCUT2D eigenvalue weighted by Gasteiger charge is -2.33. The number of fused-ring (bicyclic) bond motifs is 3. The smallest absolute Gasteiger partial charge is 0.404 e. The van der Waals surface area contributed by atoms with Gasteiger partial charge in [-0.05, 0) is 17.7 Å². The van der Waals surface area contributed by atoms with Crippen LogP contribution in [0.1, 0.15) is 17.3 Å². The average molecular weight is 362 g/mol. The van der Waals surface area contributed by atoms with Crippen LogP contribution in [0.15, 0.2) is 30.6 Å². The molecule has 0 fully saturated rings. The second-order valence-corrected chi connectivity index (χ2v) is 6.16. The van der Waals surface area contributed by atoms with E-state index in [1.165, 1.54) is 0 Å². The molecule has 6 nitrogen and oxygen atoms in total. The molecule has 0 radical (unpaired) electrons. The van der Waals surface area contributed by atoms with Gasteiger partial charge in [0.2, 0.25) is 0 Å². The van der Waals surface area contributed by atoms with Crippen molar-refractivity contribution in [3.8, 4) is 0 Å². The first kappa shape index (κ1) is 16.4. The van der Waals surface area contributed by atoms with Crippen LogP contribution in [-0.4, -0.2) is 31.8 Å². The third kappa shape index (κ3) is 2.65. The van der Waals surface area contributed by atoms with E-state index in [0.29, 0.717) is 17.4 Å². The lowest BCUT2D eigenvalue weighted by molar-refractivity contribution is 0.183. The summed E-state index contributed by atoms with van der Waals surface area (Å²) in [5.74, 6) is -3.51. The highest BCUT2D eigenvalue weighted by atomic mass is 19.2. The maximum Gasteiger partial charge on any atom is 0.404 e. The van der Waals surface area contributed by atoms with Crippen molar-refractivity contribution in [3.63, 3.8) is 0 Å². The second-order valence-electron chi connectivity index (χ2n) is 6.16. The first-order valence-corrected chi connectivity index (χ1v) is 7.87. The fraction of sp³-hybridized carbons (Fsp3) is 0.235. The topological polar surface area (TPSA) is 80.0 Å². The van der Waals surface area contributed by atoms with Crippen LogP contribution in [0, 0.1) is 17.5 Å². The molecule has 2 atom stereocenters. The second kappa shape index (κ2) is 6.01. The Balaban J connectivity index is 1.82. The Labute approximate surface area is 145 Å². The van der Waals surface area contributed by atoms with Crippen LogP contribution in [0.25, 0.3) is 11.0 Å². The molecule has 0 saturated carbocycles. The molecule has 0 unspecified atom stereocenters. The minimum absolute atomic E-state index is 0.0842. The Bertz CT molecular complexity index is 1020. The molecule has 1 aliphatic heterocycles. The van der Waals surface area contributed by atoms with Crippen LogP contribution in [-0.2, 0) is 13.0 Å². The van der Waals surface area contributed by atoms with Gasteiger partial charge in [-0.25, -0.2) is 22.9 Å². The van der Waals surface area contributed by atoms with Gasteiger partial charge in [0.15, 0.2) is 11.6 Å². The Morgan fingerprint density at radius 2 is 2.00 bits per heavy atom. The van der Waals surface area contributed by atoms with Crippen molar-refractivity contribution in [2.75, 3.05) is 0 Å². The van der Waals surface area contributed by atoms with Gasteiger partial charge in [0.25, 0.3) is 0 Å². The van der Waals surface area contributed by atoms with Gasteiger partial charge in [-0.3, -0.25) is 4.98 Å². The number of aromatic nitrogens is 3. The van der Waals surface area contributed by atoms with Crippen molar-refractivity contribution in [2.24, 2.45) is 0 Å². The van der Waals surface area contributed by atoms with Crippen LogP contribution >= 0.6 is 0 Å². The van der Waals surface area contributed by atoms with Gasteiger partial charge in [0.1, 0.15) is 17.2 Å². The Morgan fingerprint density at radius 1 is 1.23 bits per heavy atom. The van der Waals surface area contributed by atoms with Crippen LogP contribution in [0.3, 0.4) is 0 Å². The molecule has 3 heterocycles. The largest absolute Gasteiger partial charge is 0.465 e. The summed E-state index contributed by atoms with van der Waals surface area (Å²) in [5, 5.41) is 11.5. The van der Waals surface area contributed by atoms with Crippen molar-refractivity contribution in [2.45, 2.75) is 24.9 Å². The monoisotopic (exact) mass is 362 g/mol. The molecule has 0 saturated heterocycles. The zero-order valence-electron chi connectivity index (χ0n) is 13.3. The number of hydrogen-bond acceptors (Lipinski definition) is 3. The maximum absolute atomic E-state index is 14.3. The minimum Gasteiger partial charge on any atom is -0.465 e. The van der Waals surface area contributed by atoms with E-state index >= 15 is 0 Å². The van der Waals surface area contributed by atoms with Gasteiger partial charge in [0.05, 0.1) is 17.8 Å². The van der Waals surface area contributed by atoms with Crippen LogP contribution in [0.5, 0.6) is 0 Å². The van der Waals surface area contributed by atoms with Crippen molar-refractivity contribution >= 4 is 17.1 Å². The number of nitrogens with zero attached hydrogens (tertiary/aromatic N) is 3. The number of benzene rings is 1. The van der Waals surface area contributed by atoms with Crippen molar-refractivity contribution in [3.05, 3.63) is 59.4 Å². The molecule has 134 valence electrons. The predicted molar refractivity (Wildman–Crippen MR) is 85.2 cm³/mol. The molecular weight excluding hydrogens is 349 g/mol. The van der Waals surface area contributed by atoms with E-state index in [-0.39, 0.29) is 18.5 Å². The van der Waals surface area contributed by atoms with Crippen molar-refractivity contribution in [1.82, 2.24) is 19.9 Å². The van der Waals surface area contributed by atoms with Crippen LogP contribution in [0.2, 0.25) is 0 Å². The fourth-order valence-corrected chi connectivity index (χ4v) is 3.51. The highest BCUT2D eigenvalue weighted by molar-refractivity contribution is 5.75. The first-order valence-electron chi connectivity index (χ1n) is 7.87. The molecule has 2 aromatic heterocycles. The number of carbonyl (C=O) groups is 1. The fourth-order valence-electron chi connectivity index (χ4n) is 3.51. The maximum atomic E-state index is 14.3. The normalized spacial score (nSPS) is 19.3. The molecule has 9 heteroatoms. The van der Waals surface area contributed by atoms with Crippen LogP contribution < -0.4 is 5.32 Å². The molecule has 4 rings (SSSR count). The third-order valence-electron chi connectivity index (χ3n) is 4.65. The summed E-state index contributed by atoms with van der Waals surface area (Å²) in [6, 6.07) is 2.28. The van der Waals surface area contributed by atoms with E-state index in [9.17, 15) is 18.0 Å². The zero-order chi connectivity index (χ0) is 18.4. The highest BCUT2D eigenvalue weighted by Crippen LogP contribution is 2.34. The average Bonchev–Trinajstić information content (AvgIpc) is 2.95. The minimum atomic E-state index is -1.29. The zero-order valence-corrected chi connectivity index (χ0v) is 13.3. The number of halogens is 3. The van der Waals surface area contributed by atoms with E-state index in [0.717, 1.165) is 11.6 Å². The van der Waals surface area contributed by atoms with Gasteiger partial charge in [0, 0.05) is 31.1 Å². The quantitative estimate of drug-likeness (QED) is 0.687. The number of hydrogen-bond donors (Lipinski definition) is 2. The molecule has 1 amide bonds. The van der Waals surface area contributed by atoms with E-state index < -0.39 is 35.5 Å². The molecule has 1 aliphatic rings. The van der Waals surface area contributed by atoms with E-state index in [2.05, 4.69) is 15.3 Å². The standard InChI is InChI=1S/C17H13F3N4O2/c18-10-5-12(20)11(19)3-8(10)9-4-16-22-13-6-21-2-1-15(13)24(16)7-14(9)23-17(25)26/h1-3,5-6,9,14,23H,4,7H2,(H,25,26)/t9-,14+/m1/s1. The molecule has 0 bridgehead atoms. The van der Waals surface area contributed by atoms with E-state index in [1.807, 2.05) is 4.57 Å². The van der Waals surface area contributed by atoms with Crippen molar-refractivity contribution in [1.29, 1.82) is 0 Å². The molecular formula is C17H13F3N4O2. The number of pyridine rings is 1. The Morgan fingerprint density at radius 3 is 2.77 bits per heavy atom. The lowest BCUT2D eigenvalue weighted by Crippen LogP contribution is -2.45. The summed E-state index contributed by atoms with van der Waals surface area (Å²) in [7, 11) is 0. The van der Waals surface area contributed by atoms with E-state index in [4.69, 9.17) is 5.11 Å². The molecule has 26 heavy (non-hydrogen) atoms. The third-order valence-corrected chi connectivity index (χ3v) is 4.65. The number of nitrogens with one attached hydrogen (secondary N) is 1. The van der Waals surface area contributed by atoms with Gasteiger partial charge >= 0.3 is 6.09 Å². The summed E-state index contributed by atoms with van der Waals surface area (Å²) in [4.78, 5) is 19.6. The summed E-state index contributed by atoms with van der Waals surface area (Å²) >= 11 is 0. The number of rotatable bonds is 2. The van der Waals surface area contributed by atoms with Crippen LogP contribution in [0.4, 0.5) is 18.0 Å². The molecule has 3 aromatic rings. The summed E-state index contributed by atoms with van der Waals surface area (Å²) < 4.78 is 43.0. The number of imidazole rings is 1. The summed E-state index contributed by atoms with van der Waals surface area (Å²) in [6.45, 7) is 0.186. The molecule has 2 N–H and O–H groups in total. The SMILES string of the molecule is O=C(O)N[C@H]1Cn2c(nc3cnccc32)C[C@@H]1c1cc(F)c(F)cc1F. The van der Waals surface area contributed by atoms with Gasteiger partial charge in [-0.1, -0.05) is 0 Å². The lowest BCUT2D eigenvalue weighted by atomic mass is 9.85. The van der Waals surface area contributed by atoms with Crippen molar-refractivity contribution < 1.29 is 23.1 Å². The Kier molecular flexibility index (Phi) is 3.78. The molecule has 0 spiro atoms. The summed E-state index contributed by atoms with van der Waals surface area (Å²) in [6.07, 6.45) is 2.06. The van der Waals surface area contributed by atoms with Gasteiger partial charge in [-0.2, -0.15) is 0 Å². The molecule has 0 aliphatic carbocycles. The van der Waals surface area contributed by atoms with E-state index in [1.54, 1.807) is 18.5 Å². The Hall–Kier alpha value is -3.10. The van der Waals surface area contributed by atoms with Gasteiger partial charge in [-0.15, -0.1) is 0 Å². The predicted octanol–water partition coefficient (Wildman–Crippen LogP) is 2.82. The first-order chi connectivity index (χ1) is 12.4. The number of amides is 1. The van der Waals surface area contributed by atoms with Gasteiger partial charge < -0.3 is 15.0 Å². The number of carboxylic acid groups (broad SMARTS) is 1. The highest BCUT2D eigenvalue weighted by Gasteiger charge is 2.35. The molecule has 1 aromatic carbocycles. The summed E-state index contributed by atoms with van der Waals surface area (Å²) in [5.41, 5.74) is 1.32.